The molecule has 1 aromatic heterocycles. The van der Waals surface area contributed by atoms with Crippen LogP contribution in [0.2, 0.25) is 0 Å². The highest BCUT2D eigenvalue weighted by Crippen LogP contribution is 2.27. The van der Waals surface area contributed by atoms with E-state index in [9.17, 15) is 8.42 Å². The minimum atomic E-state index is -3.74. The summed E-state index contributed by atoms with van der Waals surface area (Å²) in [6.45, 7) is 11.9. The van der Waals surface area contributed by atoms with Crippen LogP contribution in [0.25, 0.3) is 6.08 Å². The Bertz CT molecular complexity index is 1260. The van der Waals surface area contributed by atoms with Crippen molar-refractivity contribution in [1.82, 2.24) is 24.4 Å². The highest BCUT2D eigenvalue weighted by molar-refractivity contribution is 7.89. The van der Waals surface area contributed by atoms with E-state index in [-0.39, 0.29) is 4.90 Å². The molecular formula is C25H32N6O3S. The Balaban J connectivity index is 1.50. The second-order valence-electron chi connectivity index (χ2n) is 8.59. The van der Waals surface area contributed by atoms with Gasteiger partial charge in [-0.2, -0.15) is 0 Å². The molecule has 1 atom stereocenters. The van der Waals surface area contributed by atoms with Gasteiger partial charge in [0.2, 0.25) is 10.0 Å². The average molecular weight is 497 g/mol. The van der Waals surface area contributed by atoms with Crippen molar-refractivity contribution >= 4 is 21.8 Å². The van der Waals surface area contributed by atoms with Gasteiger partial charge in [-0.15, -0.1) is 5.10 Å². The van der Waals surface area contributed by atoms with Crippen LogP contribution in [0.1, 0.15) is 31.3 Å². The minimum absolute atomic E-state index is 0.176. The molecule has 1 N–H and O–H groups in total. The summed E-state index contributed by atoms with van der Waals surface area (Å²) >= 11 is 0. The van der Waals surface area contributed by atoms with E-state index < -0.39 is 16.1 Å². The van der Waals surface area contributed by atoms with Crippen LogP contribution in [0.15, 0.2) is 60.0 Å². The van der Waals surface area contributed by atoms with Gasteiger partial charge in [0, 0.05) is 44.5 Å². The van der Waals surface area contributed by atoms with E-state index in [1.807, 2.05) is 25.1 Å². The molecule has 1 aliphatic rings. The van der Waals surface area contributed by atoms with E-state index >= 15 is 0 Å². The van der Waals surface area contributed by atoms with E-state index in [2.05, 4.69) is 44.4 Å². The summed E-state index contributed by atoms with van der Waals surface area (Å²) in [4.78, 5) is 4.82. The first-order valence-corrected chi connectivity index (χ1v) is 13.2. The molecule has 0 aliphatic carbocycles. The fraction of sp³-hybridized carbons (Fsp3) is 0.360. The van der Waals surface area contributed by atoms with Gasteiger partial charge in [-0.05, 0) is 50.7 Å². The van der Waals surface area contributed by atoms with Crippen LogP contribution in [-0.2, 0) is 16.6 Å². The van der Waals surface area contributed by atoms with Gasteiger partial charge in [0.25, 0.3) is 0 Å². The number of hydrogen-bond acceptors (Lipinski definition) is 7. The number of rotatable bonds is 9. The van der Waals surface area contributed by atoms with Crippen LogP contribution in [0.3, 0.4) is 0 Å². The molecule has 2 aromatic carbocycles. The largest absolute Gasteiger partial charge is 0.424 e. The number of anilines is 1. The molecule has 186 valence electrons. The van der Waals surface area contributed by atoms with Gasteiger partial charge in [-0.25, -0.2) is 13.1 Å². The number of piperazine rings is 1. The molecule has 0 radical (unpaired) electrons. The zero-order valence-corrected chi connectivity index (χ0v) is 21.2. The second-order valence-corrected chi connectivity index (χ2v) is 10.3. The third-order valence-electron chi connectivity index (χ3n) is 6.10. The number of nitrogens with one attached hydrogen (secondary N) is 1. The third-order valence-corrected chi connectivity index (χ3v) is 7.66. The Kier molecular flexibility index (Phi) is 7.54. The molecule has 35 heavy (non-hydrogen) atoms. The molecular weight excluding hydrogens is 464 g/mol. The maximum absolute atomic E-state index is 12.9. The first-order valence-electron chi connectivity index (χ1n) is 11.7. The summed E-state index contributed by atoms with van der Waals surface area (Å²) in [7, 11) is -1.61. The molecule has 0 spiro atoms. The van der Waals surface area contributed by atoms with E-state index in [0.717, 1.165) is 37.4 Å². The normalized spacial score (nSPS) is 15.7. The third kappa shape index (κ3) is 5.72. The van der Waals surface area contributed by atoms with E-state index in [1.54, 1.807) is 41.8 Å². The van der Waals surface area contributed by atoms with Crippen LogP contribution in [0.5, 0.6) is 11.8 Å². The molecule has 9 nitrogen and oxygen atoms in total. The maximum atomic E-state index is 12.9. The Hall–Kier alpha value is -3.21. The molecule has 2 heterocycles. The smallest absolute Gasteiger partial charge is 0.322 e. The van der Waals surface area contributed by atoms with Gasteiger partial charge >= 0.3 is 6.01 Å². The molecule has 10 heteroatoms. The van der Waals surface area contributed by atoms with Crippen molar-refractivity contribution in [2.45, 2.75) is 31.3 Å². The molecule has 4 rings (SSSR count). The van der Waals surface area contributed by atoms with Crippen molar-refractivity contribution < 1.29 is 13.2 Å². The lowest BCUT2D eigenvalue weighted by Gasteiger charge is -2.34. The van der Waals surface area contributed by atoms with E-state index in [0.29, 0.717) is 24.1 Å². The molecule has 0 amide bonds. The lowest BCUT2D eigenvalue weighted by Crippen LogP contribution is -2.44. The maximum Gasteiger partial charge on any atom is 0.322 e. The van der Waals surface area contributed by atoms with Crippen molar-refractivity contribution in [3.8, 4) is 11.8 Å². The van der Waals surface area contributed by atoms with Gasteiger partial charge in [0.05, 0.1) is 10.9 Å². The fourth-order valence-electron chi connectivity index (χ4n) is 4.04. The Morgan fingerprint density at radius 1 is 1.11 bits per heavy atom. The standard InChI is InChI=1S/C25H32N6O3S/c1-5-20-10-12-23(13-11-20)35(32,33)28-19(3)24-26-27-25(31(24)6-2)34-22-9-7-8-21(18-22)30-16-14-29(4)15-17-30/h5,7-13,18-19,28H,1,6,14-17H2,2-4H3. The van der Waals surface area contributed by atoms with Crippen LogP contribution in [0, 0.1) is 0 Å². The zero-order chi connectivity index (χ0) is 25.0. The Morgan fingerprint density at radius 2 is 1.83 bits per heavy atom. The summed E-state index contributed by atoms with van der Waals surface area (Å²) < 4.78 is 36.3. The molecule has 3 aromatic rings. The molecule has 1 saturated heterocycles. The summed E-state index contributed by atoms with van der Waals surface area (Å²) in [6.07, 6.45) is 1.67. The SMILES string of the molecule is C=Cc1ccc(S(=O)(=O)NC(C)c2nnc(Oc3cccc(N4CCN(C)CC4)c3)n2CC)cc1. The molecule has 1 aliphatic heterocycles. The Labute approximate surface area is 207 Å². The monoisotopic (exact) mass is 496 g/mol. The number of aromatic nitrogens is 3. The Morgan fingerprint density at radius 3 is 2.49 bits per heavy atom. The average Bonchev–Trinajstić information content (AvgIpc) is 3.27. The fourth-order valence-corrected chi connectivity index (χ4v) is 5.24. The summed E-state index contributed by atoms with van der Waals surface area (Å²) in [6, 6.07) is 14.2. The second kappa shape index (κ2) is 10.6. The van der Waals surface area contributed by atoms with Crippen molar-refractivity contribution in [2.24, 2.45) is 0 Å². The number of hydrogen-bond donors (Lipinski definition) is 1. The predicted molar refractivity (Wildman–Crippen MR) is 137 cm³/mol. The summed E-state index contributed by atoms with van der Waals surface area (Å²) in [5, 5.41) is 8.45. The highest BCUT2D eigenvalue weighted by atomic mass is 32.2. The van der Waals surface area contributed by atoms with Gasteiger partial charge < -0.3 is 14.5 Å². The number of benzene rings is 2. The van der Waals surface area contributed by atoms with Crippen LogP contribution >= 0.6 is 0 Å². The lowest BCUT2D eigenvalue weighted by atomic mass is 10.2. The van der Waals surface area contributed by atoms with Gasteiger partial charge in [-0.3, -0.25) is 4.57 Å². The van der Waals surface area contributed by atoms with E-state index in [1.165, 1.54) is 0 Å². The van der Waals surface area contributed by atoms with Crippen molar-refractivity contribution in [3.63, 3.8) is 0 Å². The molecule has 0 bridgehead atoms. The number of likely N-dealkylation sites (N-methyl/N-ethyl adjacent to an activating group) is 1. The number of nitrogens with zero attached hydrogens (tertiary/aromatic N) is 5. The van der Waals surface area contributed by atoms with Gasteiger partial charge in [0.1, 0.15) is 5.75 Å². The first-order chi connectivity index (χ1) is 16.8. The lowest BCUT2D eigenvalue weighted by molar-refractivity contribution is 0.312. The first kappa shape index (κ1) is 24.9. The van der Waals surface area contributed by atoms with Crippen molar-refractivity contribution in [3.05, 3.63) is 66.5 Å². The van der Waals surface area contributed by atoms with Gasteiger partial charge in [0.15, 0.2) is 5.82 Å². The highest BCUT2D eigenvalue weighted by Gasteiger charge is 2.24. The van der Waals surface area contributed by atoms with Crippen LogP contribution in [0.4, 0.5) is 5.69 Å². The number of sulfonamides is 1. The summed E-state index contributed by atoms with van der Waals surface area (Å²) in [5.74, 6) is 1.13. The minimum Gasteiger partial charge on any atom is -0.424 e. The van der Waals surface area contributed by atoms with Gasteiger partial charge in [-0.1, -0.05) is 36.0 Å². The molecule has 0 saturated carbocycles. The van der Waals surface area contributed by atoms with Crippen LogP contribution in [-0.4, -0.2) is 61.3 Å². The zero-order valence-electron chi connectivity index (χ0n) is 20.4. The molecule has 1 unspecified atom stereocenters. The van der Waals surface area contributed by atoms with Crippen molar-refractivity contribution in [1.29, 1.82) is 0 Å². The summed E-state index contributed by atoms with van der Waals surface area (Å²) in [5.41, 5.74) is 1.95. The topological polar surface area (TPSA) is 92.6 Å². The molecule has 1 fully saturated rings. The predicted octanol–water partition coefficient (Wildman–Crippen LogP) is 3.52. The quantitative estimate of drug-likeness (QED) is 0.484. The van der Waals surface area contributed by atoms with E-state index in [4.69, 9.17) is 4.74 Å². The van der Waals surface area contributed by atoms with Crippen molar-refractivity contribution in [2.75, 3.05) is 38.1 Å². The number of ether oxygens (including phenoxy) is 1. The van der Waals surface area contributed by atoms with Crippen LogP contribution < -0.4 is 14.4 Å².